The van der Waals surface area contributed by atoms with Crippen LogP contribution in [0, 0.1) is 17.5 Å². The van der Waals surface area contributed by atoms with E-state index in [1.807, 2.05) is 18.2 Å². The van der Waals surface area contributed by atoms with Gasteiger partial charge in [-0.1, -0.05) is 30.3 Å². The third-order valence-electron chi connectivity index (χ3n) is 3.77. The van der Waals surface area contributed by atoms with Gasteiger partial charge >= 0.3 is 0 Å². The van der Waals surface area contributed by atoms with Crippen LogP contribution in [0.2, 0.25) is 0 Å². The van der Waals surface area contributed by atoms with E-state index >= 15 is 0 Å². The van der Waals surface area contributed by atoms with Gasteiger partial charge in [0.2, 0.25) is 0 Å². The summed E-state index contributed by atoms with van der Waals surface area (Å²) in [6, 6.07) is 17.1. The van der Waals surface area contributed by atoms with Crippen molar-refractivity contribution in [1.29, 1.82) is 0 Å². The fourth-order valence-electron chi connectivity index (χ4n) is 2.42. The first-order chi connectivity index (χ1) is 13.6. The minimum atomic E-state index is -1.65. The van der Waals surface area contributed by atoms with Crippen molar-refractivity contribution in [1.82, 2.24) is 0 Å². The molecule has 0 unspecified atom stereocenters. The maximum Gasteiger partial charge on any atom is 0.259 e. The van der Waals surface area contributed by atoms with Crippen molar-refractivity contribution in [3.8, 4) is 11.5 Å². The Kier molecular flexibility index (Phi) is 6.16. The molecule has 144 valence electrons. The molecule has 1 N–H and O–H groups in total. The molecule has 0 radical (unpaired) electrons. The molecule has 0 aliphatic carbocycles. The summed E-state index contributed by atoms with van der Waals surface area (Å²) in [5.74, 6) is -4.24. The van der Waals surface area contributed by atoms with Gasteiger partial charge in [0, 0.05) is 0 Å². The number of rotatable bonds is 7. The van der Waals surface area contributed by atoms with Gasteiger partial charge in [0.1, 0.15) is 24.7 Å². The zero-order valence-electron chi connectivity index (χ0n) is 14.6. The summed E-state index contributed by atoms with van der Waals surface area (Å²) in [7, 11) is 0. The lowest BCUT2D eigenvalue weighted by atomic mass is 10.1. The van der Waals surface area contributed by atoms with Crippen molar-refractivity contribution in [3.05, 3.63) is 89.7 Å². The number of carbonyl (C=O) groups excluding carboxylic acids is 1. The minimum absolute atomic E-state index is 0.117. The SMILES string of the molecule is O=C(Nc1ccc(F)c(F)c1F)c1ccccc1OCCOc1ccccc1. The Morgan fingerprint density at radius 2 is 1.46 bits per heavy atom. The largest absolute Gasteiger partial charge is 0.490 e. The first-order valence-corrected chi connectivity index (χ1v) is 8.41. The molecule has 0 saturated carbocycles. The molecule has 0 saturated heterocycles. The number of ether oxygens (including phenoxy) is 2. The van der Waals surface area contributed by atoms with E-state index in [1.54, 1.807) is 30.3 Å². The number of carbonyl (C=O) groups is 1. The van der Waals surface area contributed by atoms with Crippen molar-refractivity contribution in [2.45, 2.75) is 0 Å². The van der Waals surface area contributed by atoms with Crippen LogP contribution >= 0.6 is 0 Å². The lowest BCUT2D eigenvalue weighted by Crippen LogP contribution is -2.16. The Balaban J connectivity index is 1.64. The molecule has 28 heavy (non-hydrogen) atoms. The van der Waals surface area contributed by atoms with E-state index in [0.717, 1.165) is 12.1 Å². The van der Waals surface area contributed by atoms with Crippen LogP contribution in [-0.2, 0) is 0 Å². The molecule has 0 aliphatic rings. The normalized spacial score (nSPS) is 10.4. The van der Waals surface area contributed by atoms with Crippen LogP contribution in [0.25, 0.3) is 0 Å². The monoisotopic (exact) mass is 387 g/mol. The molecular formula is C21H16F3NO3. The molecule has 7 heteroatoms. The summed E-state index contributed by atoms with van der Waals surface area (Å²) in [4.78, 5) is 12.4. The molecule has 0 aromatic heterocycles. The van der Waals surface area contributed by atoms with Crippen molar-refractivity contribution in [2.24, 2.45) is 0 Å². The fraction of sp³-hybridized carbons (Fsp3) is 0.0952. The molecule has 3 aromatic rings. The van der Waals surface area contributed by atoms with E-state index in [0.29, 0.717) is 5.75 Å². The van der Waals surface area contributed by atoms with Gasteiger partial charge in [0.05, 0.1) is 11.3 Å². The Bertz CT molecular complexity index is 964. The average Bonchev–Trinajstić information content (AvgIpc) is 2.72. The number of hydrogen-bond acceptors (Lipinski definition) is 3. The van der Waals surface area contributed by atoms with Crippen molar-refractivity contribution >= 4 is 11.6 Å². The minimum Gasteiger partial charge on any atom is -0.490 e. The number of benzene rings is 3. The first kappa shape index (κ1) is 19.3. The number of anilines is 1. The van der Waals surface area contributed by atoms with Crippen molar-refractivity contribution in [2.75, 3.05) is 18.5 Å². The maximum atomic E-state index is 13.8. The molecule has 0 fully saturated rings. The predicted molar refractivity (Wildman–Crippen MR) is 98.1 cm³/mol. The number of hydrogen-bond donors (Lipinski definition) is 1. The molecule has 3 aromatic carbocycles. The maximum absolute atomic E-state index is 13.8. The summed E-state index contributed by atoms with van der Waals surface area (Å²) >= 11 is 0. The second-order valence-corrected chi connectivity index (χ2v) is 5.68. The van der Waals surface area contributed by atoms with E-state index < -0.39 is 29.0 Å². The summed E-state index contributed by atoms with van der Waals surface area (Å²) in [6.07, 6.45) is 0. The first-order valence-electron chi connectivity index (χ1n) is 8.41. The summed E-state index contributed by atoms with van der Waals surface area (Å²) in [6.45, 7) is 0.413. The van der Waals surface area contributed by atoms with Gasteiger partial charge < -0.3 is 14.8 Å². The van der Waals surface area contributed by atoms with E-state index in [9.17, 15) is 18.0 Å². The average molecular weight is 387 g/mol. The zero-order chi connectivity index (χ0) is 19.9. The van der Waals surface area contributed by atoms with Crippen LogP contribution in [0.3, 0.4) is 0 Å². The molecule has 0 atom stereocenters. The molecular weight excluding hydrogens is 371 g/mol. The molecule has 4 nitrogen and oxygen atoms in total. The molecule has 0 spiro atoms. The second kappa shape index (κ2) is 8.94. The molecule has 3 rings (SSSR count). The number of halogens is 3. The Labute approximate surface area is 159 Å². The third-order valence-corrected chi connectivity index (χ3v) is 3.77. The Morgan fingerprint density at radius 1 is 0.786 bits per heavy atom. The smallest absolute Gasteiger partial charge is 0.259 e. The van der Waals surface area contributed by atoms with E-state index in [2.05, 4.69) is 5.32 Å². The molecule has 0 bridgehead atoms. The highest BCUT2D eigenvalue weighted by Gasteiger charge is 2.18. The summed E-state index contributed by atoms with van der Waals surface area (Å²) < 4.78 is 51.2. The van der Waals surface area contributed by atoms with Gasteiger partial charge in [-0.2, -0.15) is 0 Å². The van der Waals surface area contributed by atoms with Gasteiger partial charge in [-0.3, -0.25) is 4.79 Å². The summed E-state index contributed by atoms with van der Waals surface area (Å²) in [5, 5.41) is 2.22. The Morgan fingerprint density at radius 3 is 2.25 bits per heavy atom. The molecule has 0 aliphatic heterocycles. The number of amides is 1. The van der Waals surface area contributed by atoms with Gasteiger partial charge in [0.25, 0.3) is 5.91 Å². The van der Waals surface area contributed by atoms with Crippen LogP contribution in [0.15, 0.2) is 66.7 Å². The highest BCUT2D eigenvalue weighted by molar-refractivity contribution is 6.06. The second-order valence-electron chi connectivity index (χ2n) is 5.68. The molecule has 1 amide bonds. The van der Waals surface area contributed by atoms with E-state index in [1.165, 1.54) is 6.07 Å². The topological polar surface area (TPSA) is 47.6 Å². The van der Waals surface area contributed by atoms with Crippen molar-refractivity contribution < 1.29 is 27.4 Å². The van der Waals surface area contributed by atoms with Crippen LogP contribution in [-0.4, -0.2) is 19.1 Å². The molecule has 0 heterocycles. The van der Waals surface area contributed by atoms with Crippen LogP contribution in [0.4, 0.5) is 18.9 Å². The number of para-hydroxylation sites is 2. The van der Waals surface area contributed by atoms with Gasteiger partial charge in [-0.25, -0.2) is 13.2 Å². The van der Waals surface area contributed by atoms with E-state index in [4.69, 9.17) is 9.47 Å². The quantitative estimate of drug-likeness (QED) is 0.467. The lowest BCUT2D eigenvalue weighted by Gasteiger charge is -2.13. The van der Waals surface area contributed by atoms with Crippen LogP contribution in [0.1, 0.15) is 10.4 Å². The van der Waals surface area contributed by atoms with Crippen molar-refractivity contribution in [3.63, 3.8) is 0 Å². The van der Waals surface area contributed by atoms with Crippen LogP contribution < -0.4 is 14.8 Å². The van der Waals surface area contributed by atoms with Gasteiger partial charge in [0.15, 0.2) is 17.5 Å². The number of nitrogens with one attached hydrogen (secondary N) is 1. The highest BCUT2D eigenvalue weighted by Crippen LogP contribution is 2.23. The Hall–Kier alpha value is -3.48. The third kappa shape index (κ3) is 4.62. The predicted octanol–water partition coefficient (Wildman–Crippen LogP) is 4.81. The van der Waals surface area contributed by atoms with Gasteiger partial charge in [-0.15, -0.1) is 0 Å². The standard InChI is InChI=1S/C21H16F3NO3/c22-16-10-11-17(20(24)19(16)23)25-21(26)15-8-4-5-9-18(15)28-13-12-27-14-6-2-1-3-7-14/h1-11H,12-13H2,(H,25,26). The van der Waals surface area contributed by atoms with Gasteiger partial charge in [-0.05, 0) is 36.4 Å². The fourth-order valence-corrected chi connectivity index (χ4v) is 2.42. The van der Waals surface area contributed by atoms with Crippen LogP contribution in [0.5, 0.6) is 11.5 Å². The zero-order valence-corrected chi connectivity index (χ0v) is 14.6. The highest BCUT2D eigenvalue weighted by atomic mass is 19.2. The van der Waals surface area contributed by atoms with E-state index in [-0.39, 0.29) is 24.5 Å². The lowest BCUT2D eigenvalue weighted by molar-refractivity contribution is 0.102. The summed E-state index contributed by atoms with van der Waals surface area (Å²) in [5.41, 5.74) is -0.350.